The van der Waals surface area contributed by atoms with Gasteiger partial charge in [0.15, 0.2) is 0 Å². The molecule has 0 spiro atoms. The number of nitrogens with two attached hydrogens (primary N) is 1. The molecule has 0 bridgehead atoms. The molecule has 0 fully saturated rings. The van der Waals surface area contributed by atoms with E-state index in [1.54, 1.807) is 23.9 Å². The Balaban J connectivity index is 2.33. The molecule has 76 valence electrons. The van der Waals surface area contributed by atoms with Crippen LogP contribution in [0.4, 0.5) is 4.39 Å². The first-order chi connectivity index (χ1) is 6.72. The van der Waals surface area contributed by atoms with Crippen molar-refractivity contribution in [2.45, 2.75) is 29.4 Å². The van der Waals surface area contributed by atoms with Gasteiger partial charge in [0.05, 0.1) is 0 Å². The van der Waals surface area contributed by atoms with Crippen molar-refractivity contribution in [3.05, 3.63) is 29.6 Å². The van der Waals surface area contributed by atoms with Gasteiger partial charge in [-0.15, -0.1) is 11.8 Å². The first-order valence-electron chi connectivity index (χ1n) is 4.88. The van der Waals surface area contributed by atoms with E-state index in [2.05, 4.69) is 6.92 Å². The predicted octanol–water partition coefficient (Wildman–Crippen LogP) is 2.75. The summed E-state index contributed by atoms with van der Waals surface area (Å²) >= 11 is 1.76. The molecule has 2 rings (SSSR count). The summed E-state index contributed by atoms with van der Waals surface area (Å²) < 4.78 is 13.0. The standard InChI is InChI=1S/C11H14FNS/c1-7-9(4-5-13)10-3-2-8(12)6-11(10)14-7/h2-3,6-7,9H,4-5,13H2,1H3. The van der Waals surface area contributed by atoms with Gasteiger partial charge in [-0.2, -0.15) is 0 Å². The maximum atomic E-state index is 13.0. The maximum absolute atomic E-state index is 13.0. The van der Waals surface area contributed by atoms with Gasteiger partial charge in [-0.3, -0.25) is 0 Å². The zero-order valence-corrected chi connectivity index (χ0v) is 8.98. The second-order valence-corrected chi connectivity index (χ2v) is 5.11. The fourth-order valence-corrected chi connectivity index (χ4v) is 3.41. The van der Waals surface area contributed by atoms with E-state index in [0.29, 0.717) is 17.7 Å². The second-order valence-electron chi connectivity index (χ2n) is 3.69. The molecule has 2 unspecified atom stereocenters. The monoisotopic (exact) mass is 211 g/mol. The van der Waals surface area contributed by atoms with E-state index in [1.165, 1.54) is 5.56 Å². The lowest BCUT2D eigenvalue weighted by molar-refractivity contribution is 0.611. The van der Waals surface area contributed by atoms with E-state index in [1.807, 2.05) is 6.07 Å². The van der Waals surface area contributed by atoms with E-state index < -0.39 is 0 Å². The van der Waals surface area contributed by atoms with Crippen LogP contribution in [-0.4, -0.2) is 11.8 Å². The van der Waals surface area contributed by atoms with E-state index in [0.717, 1.165) is 11.3 Å². The van der Waals surface area contributed by atoms with Crippen molar-refractivity contribution in [2.24, 2.45) is 5.73 Å². The van der Waals surface area contributed by atoms with Crippen LogP contribution < -0.4 is 5.73 Å². The van der Waals surface area contributed by atoms with Gasteiger partial charge in [-0.1, -0.05) is 13.0 Å². The lowest BCUT2D eigenvalue weighted by Crippen LogP contribution is -2.12. The minimum atomic E-state index is -0.142. The van der Waals surface area contributed by atoms with Crippen molar-refractivity contribution in [1.82, 2.24) is 0 Å². The molecule has 1 aliphatic heterocycles. The summed E-state index contributed by atoms with van der Waals surface area (Å²) in [6, 6.07) is 5.08. The average molecular weight is 211 g/mol. The number of hydrogen-bond donors (Lipinski definition) is 1. The largest absolute Gasteiger partial charge is 0.330 e. The van der Waals surface area contributed by atoms with Crippen LogP contribution in [0.3, 0.4) is 0 Å². The van der Waals surface area contributed by atoms with Crippen molar-refractivity contribution in [3.8, 4) is 0 Å². The molecule has 0 saturated carbocycles. The van der Waals surface area contributed by atoms with Crippen LogP contribution in [0.1, 0.15) is 24.8 Å². The molecule has 0 radical (unpaired) electrons. The van der Waals surface area contributed by atoms with Crippen LogP contribution in [0.15, 0.2) is 23.1 Å². The fourth-order valence-electron chi connectivity index (χ4n) is 2.02. The number of rotatable bonds is 2. The Morgan fingerprint density at radius 1 is 1.50 bits per heavy atom. The molecule has 14 heavy (non-hydrogen) atoms. The van der Waals surface area contributed by atoms with Gasteiger partial charge in [-0.05, 0) is 36.6 Å². The number of halogens is 1. The topological polar surface area (TPSA) is 26.0 Å². The van der Waals surface area contributed by atoms with Gasteiger partial charge in [0, 0.05) is 10.1 Å². The molecule has 0 amide bonds. The maximum Gasteiger partial charge on any atom is 0.124 e. The van der Waals surface area contributed by atoms with Crippen molar-refractivity contribution in [2.75, 3.05) is 6.54 Å². The smallest absolute Gasteiger partial charge is 0.124 e. The molecular formula is C11H14FNS. The molecule has 1 aromatic carbocycles. The summed E-state index contributed by atoms with van der Waals surface area (Å²) in [6.45, 7) is 2.88. The van der Waals surface area contributed by atoms with Gasteiger partial charge < -0.3 is 5.73 Å². The lowest BCUT2D eigenvalue weighted by Gasteiger charge is -2.13. The third-order valence-electron chi connectivity index (χ3n) is 2.73. The van der Waals surface area contributed by atoms with Gasteiger partial charge in [0.2, 0.25) is 0 Å². The first kappa shape index (κ1) is 9.99. The third kappa shape index (κ3) is 1.66. The number of benzene rings is 1. The molecule has 1 aliphatic rings. The van der Waals surface area contributed by atoms with E-state index >= 15 is 0 Å². The Hall–Kier alpha value is -0.540. The van der Waals surface area contributed by atoms with Crippen LogP contribution in [0, 0.1) is 5.82 Å². The van der Waals surface area contributed by atoms with Gasteiger partial charge >= 0.3 is 0 Å². The molecule has 1 nitrogen and oxygen atoms in total. The molecular weight excluding hydrogens is 197 g/mol. The SMILES string of the molecule is CC1Sc2cc(F)ccc2C1CCN. The van der Waals surface area contributed by atoms with Crippen molar-refractivity contribution in [3.63, 3.8) is 0 Å². The summed E-state index contributed by atoms with van der Waals surface area (Å²) in [7, 11) is 0. The number of fused-ring (bicyclic) bond motifs is 1. The number of hydrogen-bond acceptors (Lipinski definition) is 2. The van der Waals surface area contributed by atoms with Crippen LogP contribution in [-0.2, 0) is 0 Å². The van der Waals surface area contributed by atoms with E-state index in [9.17, 15) is 4.39 Å². The lowest BCUT2D eigenvalue weighted by atomic mass is 9.93. The average Bonchev–Trinajstić information content (AvgIpc) is 2.43. The minimum absolute atomic E-state index is 0.142. The Bertz CT molecular complexity index is 340. The van der Waals surface area contributed by atoms with Gasteiger partial charge in [0.1, 0.15) is 5.82 Å². The van der Waals surface area contributed by atoms with Crippen LogP contribution in [0.5, 0.6) is 0 Å². The highest BCUT2D eigenvalue weighted by molar-refractivity contribution is 8.00. The molecule has 2 N–H and O–H groups in total. The first-order valence-corrected chi connectivity index (χ1v) is 5.76. The normalized spacial score (nSPS) is 25.1. The predicted molar refractivity (Wildman–Crippen MR) is 58.1 cm³/mol. The van der Waals surface area contributed by atoms with Gasteiger partial charge in [-0.25, -0.2) is 4.39 Å². The molecule has 3 heteroatoms. The molecule has 1 heterocycles. The van der Waals surface area contributed by atoms with Gasteiger partial charge in [0.25, 0.3) is 0 Å². The molecule has 2 atom stereocenters. The summed E-state index contributed by atoms with van der Waals surface area (Å²) in [5, 5.41) is 0.523. The Labute approximate surface area is 87.9 Å². The summed E-state index contributed by atoms with van der Waals surface area (Å²) in [4.78, 5) is 1.09. The Kier molecular flexibility index (Phi) is 2.79. The van der Waals surface area contributed by atoms with Crippen molar-refractivity contribution >= 4 is 11.8 Å². The molecule has 1 aromatic rings. The van der Waals surface area contributed by atoms with E-state index in [-0.39, 0.29) is 5.82 Å². The minimum Gasteiger partial charge on any atom is -0.330 e. The highest BCUT2D eigenvalue weighted by Gasteiger charge is 2.29. The summed E-state index contributed by atoms with van der Waals surface area (Å²) in [5.74, 6) is 0.359. The number of thioether (sulfide) groups is 1. The fraction of sp³-hybridized carbons (Fsp3) is 0.455. The van der Waals surface area contributed by atoms with Crippen molar-refractivity contribution in [1.29, 1.82) is 0 Å². The zero-order valence-electron chi connectivity index (χ0n) is 8.16. The zero-order chi connectivity index (χ0) is 10.1. The van der Waals surface area contributed by atoms with Crippen LogP contribution in [0.25, 0.3) is 0 Å². The summed E-state index contributed by atoms with van der Waals surface area (Å²) in [6.07, 6.45) is 0.993. The molecule has 0 saturated heterocycles. The Morgan fingerprint density at radius 3 is 3.00 bits per heavy atom. The van der Waals surface area contributed by atoms with E-state index in [4.69, 9.17) is 5.73 Å². The second kappa shape index (κ2) is 3.91. The highest BCUT2D eigenvalue weighted by atomic mass is 32.2. The Morgan fingerprint density at radius 2 is 2.29 bits per heavy atom. The van der Waals surface area contributed by atoms with Crippen LogP contribution in [0.2, 0.25) is 0 Å². The molecule has 0 aromatic heterocycles. The highest BCUT2D eigenvalue weighted by Crippen LogP contribution is 2.46. The van der Waals surface area contributed by atoms with Crippen molar-refractivity contribution < 1.29 is 4.39 Å². The molecule has 0 aliphatic carbocycles. The third-order valence-corrected chi connectivity index (χ3v) is 4.04. The quantitative estimate of drug-likeness (QED) is 0.814. The van der Waals surface area contributed by atoms with Crippen LogP contribution >= 0.6 is 11.8 Å². The summed E-state index contributed by atoms with van der Waals surface area (Å²) in [5.41, 5.74) is 6.85.